The van der Waals surface area contributed by atoms with Crippen LogP contribution in [0.15, 0.2) is 18.2 Å². The zero-order valence-electron chi connectivity index (χ0n) is 8.09. The van der Waals surface area contributed by atoms with Gasteiger partial charge < -0.3 is 21.7 Å². The van der Waals surface area contributed by atoms with Crippen LogP contribution in [0.2, 0.25) is 0 Å². The molecule has 0 aromatic heterocycles. The SMILES string of the molecule is N#Cc1ccc(N)c(C(O)C(O)CN)c1. The molecule has 0 aliphatic heterocycles. The van der Waals surface area contributed by atoms with Gasteiger partial charge in [-0.3, -0.25) is 0 Å². The minimum absolute atomic E-state index is 0.0720. The Bertz CT molecular complexity index is 387. The van der Waals surface area contributed by atoms with Crippen molar-refractivity contribution in [3.05, 3.63) is 29.3 Å². The van der Waals surface area contributed by atoms with Crippen molar-refractivity contribution in [1.29, 1.82) is 5.26 Å². The van der Waals surface area contributed by atoms with E-state index in [0.29, 0.717) is 16.8 Å². The fourth-order valence-corrected chi connectivity index (χ4v) is 1.24. The van der Waals surface area contributed by atoms with Crippen LogP contribution in [-0.4, -0.2) is 22.9 Å². The van der Waals surface area contributed by atoms with Gasteiger partial charge >= 0.3 is 0 Å². The number of anilines is 1. The molecule has 80 valence electrons. The van der Waals surface area contributed by atoms with E-state index in [9.17, 15) is 10.2 Å². The maximum absolute atomic E-state index is 9.67. The molecule has 0 bridgehead atoms. The van der Waals surface area contributed by atoms with Gasteiger partial charge in [-0.15, -0.1) is 0 Å². The van der Waals surface area contributed by atoms with Crippen molar-refractivity contribution < 1.29 is 10.2 Å². The van der Waals surface area contributed by atoms with E-state index in [2.05, 4.69) is 0 Å². The van der Waals surface area contributed by atoms with Crippen molar-refractivity contribution in [2.24, 2.45) is 5.73 Å². The number of nitrogens with two attached hydrogens (primary N) is 2. The Hall–Kier alpha value is -1.61. The molecule has 2 unspecified atom stereocenters. The third kappa shape index (κ3) is 2.44. The number of hydrogen-bond acceptors (Lipinski definition) is 5. The molecule has 0 fully saturated rings. The number of nitrogen functional groups attached to an aromatic ring is 1. The fourth-order valence-electron chi connectivity index (χ4n) is 1.24. The maximum atomic E-state index is 9.67. The largest absolute Gasteiger partial charge is 0.398 e. The predicted octanol–water partition coefficient (Wildman–Crippen LogP) is -0.507. The highest BCUT2D eigenvalue weighted by Crippen LogP contribution is 2.23. The third-order valence-corrected chi connectivity index (χ3v) is 2.14. The lowest BCUT2D eigenvalue weighted by Gasteiger charge is -2.18. The summed E-state index contributed by atoms with van der Waals surface area (Å²) < 4.78 is 0. The summed E-state index contributed by atoms with van der Waals surface area (Å²) in [6.07, 6.45) is -2.25. The van der Waals surface area contributed by atoms with Crippen molar-refractivity contribution in [1.82, 2.24) is 0 Å². The van der Waals surface area contributed by atoms with E-state index >= 15 is 0 Å². The van der Waals surface area contributed by atoms with Gasteiger partial charge in [0, 0.05) is 17.8 Å². The first-order valence-corrected chi connectivity index (χ1v) is 4.46. The van der Waals surface area contributed by atoms with Gasteiger partial charge in [-0.25, -0.2) is 0 Å². The quantitative estimate of drug-likeness (QED) is 0.498. The number of aliphatic hydroxyl groups excluding tert-OH is 2. The summed E-state index contributed by atoms with van der Waals surface area (Å²) in [5, 5.41) is 27.7. The second kappa shape index (κ2) is 4.75. The molecule has 1 aromatic rings. The van der Waals surface area contributed by atoms with Crippen molar-refractivity contribution in [2.75, 3.05) is 12.3 Å². The van der Waals surface area contributed by atoms with E-state index in [0.717, 1.165) is 0 Å². The Morgan fingerprint density at radius 3 is 2.60 bits per heavy atom. The Kier molecular flexibility index (Phi) is 3.63. The van der Waals surface area contributed by atoms with E-state index in [1.807, 2.05) is 6.07 Å². The average Bonchev–Trinajstić information content (AvgIpc) is 2.27. The summed E-state index contributed by atoms with van der Waals surface area (Å²) in [6, 6.07) is 6.43. The van der Waals surface area contributed by atoms with Crippen LogP contribution < -0.4 is 11.5 Å². The van der Waals surface area contributed by atoms with Gasteiger partial charge in [-0.1, -0.05) is 0 Å². The van der Waals surface area contributed by atoms with Crippen molar-refractivity contribution in [3.8, 4) is 6.07 Å². The number of nitrogens with zero attached hydrogens (tertiary/aromatic N) is 1. The van der Waals surface area contributed by atoms with E-state index < -0.39 is 12.2 Å². The molecule has 0 amide bonds. The summed E-state index contributed by atoms with van der Waals surface area (Å²) in [5.74, 6) is 0. The topological polar surface area (TPSA) is 116 Å². The van der Waals surface area contributed by atoms with Crippen molar-refractivity contribution >= 4 is 5.69 Å². The smallest absolute Gasteiger partial charge is 0.108 e. The van der Waals surface area contributed by atoms with Crippen LogP contribution in [0, 0.1) is 11.3 Å². The van der Waals surface area contributed by atoms with E-state index in [-0.39, 0.29) is 6.54 Å². The van der Waals surface area contributed by atoms with Crippen LogP contribution in [0.25, 0.3) is 0 Å². The molecule has 0 aliphatic carbocycles. The first kappa shape index (κ1) is 11.5. The highest BCUT2D eigenvalue weighted by atomic mass is 16.3. The molecule has 0 spiro atoms. The van der Waals surface area contributed by atoms with E-state index in [1.165, 1.54) is 12.1 Å². The monoisotopic (exact) mass is 207 g/mol. The normalized spacial score (nSPS) is 14.3. The van der Waals surface area contributed by atoms with E-state index in [1.54, 1.807) is 6.07 Å². The molecule has 5 nitrogen and oxygen atoms in total. The molecule has 15 heavy (non-hydrogen) atoms. The predicted molar refractivity (Wildman–Crippen MR) is 55.6 cm³/mol. The van der Waals surface area contributed by atoms with Crippen LogP contribution in [-0.2, 0) is 0 Å². The van der Waals surface area contributed by atoms with Gasteiger partial charge in [0.2, 0.25) is 0 Å². The number of rotatable bonds is 3. The Morgan fingerprint density at radius 1 is 1.40 bits per heavy atom. The van der Waals surface area contributed by atoms with Crippen LogP contribution in [0.4, 0.5) is 5.69 Å². The van der Waals surface area contributed by atoms with Gasteiger partial charge in [-0.2, -0.15) is 5.26 Å². The molecule has 0 heterocycles. The van der Waals surface area contributed by atoms with Crippen LogP contribution >= 0.6 is 0 Å². The lowest BCUT2D eigenvalue weighted by Crippen LogP contribution is -2.27. The maximum Gasteiger partial charge on any atom is 0.108 e. The molecule has 1 aromatic carbocycles. The van der Waals surface area contributed by atoms with Crippen LogP contribution in [0.1, 0.15) is 17.2 Å². The number of aliphatic hydroxyl groups is 2. The van der Waals surface area contributed by atoms with Gasteiger partial charge in [0.05, 0.1) is 17.7 Å². The molecular weight excluding hydrogens is 194 g/mol. The first-order valence-electron chi connectivity index (χ1n) is 4.46. The highest BCUT2D eigenvalue weighted by molar-refractivity contribution is 5.52. The number of nitriles is 1. The lowest BCUT2D eigenvalue weighted by molar-refractivity contribution is 0.0248. The number of hydrogen-bond donors (Lipinski definition) is 4. The second-order valence-corrected chi connectivity index (χ2v) is 3.20. The molecule has 5 heteroatoms. The van der Waals surface area contributed by atoms with E-state index in [4.69, 9.17) is 16.7 Å². The molecule has 1 rings (SSSR count). The van der Waals surface area contributed by atoms with Gasteiger partial charge in [0.15, 0.2) is 0 Å². The standard InChI is InChI=1S/C10H13N3O2/c11-4-6-1-2-8(13)7(3-6)10(15)9(14)5-12/h1-3,9-10,14-15H,5,12-13H2. The highest BCUT2D eigenvalue weighted by Gasteiger charge is 2.19. The summed E-state index contributed by atoms with van der Waals surface area (Å²) in [5.41, 5.74) is 11.9. The van der Waals surface area contributed by atoms with Crippen LogP contribution in [0.3, 0.4) is 0 Å². The Labute approximate surface area is 87.6 Å². The summed E-state index contributed by atoms with van der Waals surface area (Å²) in [7, 11) is 0. The molecule has 0 aliphatic rings. The minimum atomic E-state index is -1.16. The number of benzene rings is 1. The van der Waals surface area contributed by atoms with Crippen molar-refractivity contribution in [2.45, 2.75) is 12.2 Å². The van der Waals surface area contributed by atoms with Gasteiger partial charge in [0.1, 0.15) is 6.10 Å². The summed E-state index contributed by atoms with van der Waals surface area (Å²) >= 11 is 0. The summed E-state index contributed by atoms with van der Waals surface area (Å²) in [4.78, 5) is 0. The average molecular weight is 207 g/mol. The first-order chi connectivity index (χ1) is 7.10. The Balaban J connectivity index is 3.07. The third-order valence-electron chi connectivity index (χ3n) is 2.14. The zero-order valence-corrected chi connectivity index (χ0v) is 8.09. The molecule has 0 saturated carbocycles. The van der Waals surface area contributed by atoms with Gasteiger partial charge in [-0.05, 0) is 18.2 Å². The molecular formula is C10H13N3O2. The molecule has 6 N–H and O–H groups in total. The van der Waals surface area contributed by atoms with Crippen LogP contribution in [0.5, 0.6) is 0 Å². The molecule has 2 atom stereocenters. The van der Waals surface area contributed by atoms with Crippen molar-refractivity contribution in [3.63, 3.8) is 0 Å². The molecule has 0 saturated heterocycles. The summed E-state index contributed by atoms with van der Waals surface area (Å²) in [6.45, 7) is -0.0720. The molecule has 0 radical (unpaired) electrons. The Morgan fingerprint density at radius 2 is 2.07 bits per heavy atom. The van der Waals surface area contributed by atoms with Gasteiger partial charge in [0.25, 0.3) is 0 Å². The zero-order chi connectivity index (χ0) is 11.4. The minimum Gasteiger partial charge on any atom is -0.398 e. The fraction of sp³-hybridized carbons (Fsp3) is 0.300. The lowest BCUT2D eigenvalue weighted by atomic mass is 10.0. The second-order valence-electron chi connectivity index (χ2n) is 3.20.